The van der Waals surface area contributed by atoms with E-state index in [1.54, 1.807) is 42.5 Å². The molecule has 1 aliphatic rings. The molecule has 1 fully saturated rings. The summed E-state index contributed by atoms with van der Waals surface area (Å²) in [5.74, 6) is 0.995. The minimum absolute atomic E-state index is 0.0830. The Bertz CT molecular complexity index is 867. The molecule has 1 saturated carbocycles. The van der Waals surface area contributed by atoms with Crippen molar-refractivity contribution in [1.82, 2.24) is 5.32 Å². The van der Waals surface area contributed by atoms with Crippen LogP contribution in [0.1, 0.15) is 43.7 Å². The molecule has 0 heterocycles. The molecule has 144 valence electrons. The van der Waals surface area contributed by atoms with Crippen LogP contribution in [0.2, 0.25) is 0 Å². The normalized spacial score (nSPS) is 15.2. The van der Waals surface area contributed by atoms with Gasteiger partial charge in [-0.25, -0.2) is 0 Å². The average molecular weight is 376 g/mol. The molecule has 2 aromatic rings. The van der Waals surface area contributed by atoms with Crippen molar-refractivity contribution < 1.29 is 14.7 Å². The average Bonchev–Trinajstić information content (AvgIpc) is 2.73. The number of benzene rings is 2. The van der Waals surface area contributed by atoms with Gasteiger partial charge in [0.05, 0.1) is 5.69 Å². The Labute approximate surface area is 165 Å². The number of nitrogens with one attached hydrogen (secondary N) is 1. The van der Waals surface area contributed by atoms with Crippen LogP contribution in [0, 0.1) is 12.3 Å². The van der Waals surface area contributed by atoms with Gasteiger partial charge in [-0.2, -0.15) is 0 Å². The molecule has 2 aromatic carbocycles. The topological polar surface area (TPSA) is 69.6 Å². The third kappa shape index (κ3) is 4.34. The highest BCUT2D eigenvalue weighted by atomic mass is 16.3. The third-order valence-corrected chi connectivity index (χ3v) is 5.06. The molecule has 0 aromatic heterocycles. The lowest BCUT2D eigenvalue weighted by atomic mass is 9.94. The summed E-state index contributed by atoms with van der Waals surface area (Å²) < 4.78 is 0. The van der Waals surface area contributed by atoms with Crippen LogP contribution in [-0.4, -0.2) is 23.0 Å². The zero-order valence-corrected chi connectivity index (χ0v) is 15.7. The largest absolute Gasteiger partial charge is 0.506 e. The fourth-order valence-electron chi connectivity index (χ4n) is 3.68. The van der Waals surface area contributed by atoms with Gasteiger partial charge < -0.3 is 10.4 Å². The second-order valence-corrected chi connectivity index (χ2v) is 6.96. The van der Waals surface area contributed by atoms with Gasteiger partial charge in [-0.3, -0.25) is 14.5 Å². The number of anilines is 1. The van der Waals surface area contributed by atoms with E-state index in [2.05, 4.69) is 11.2 Å². The predicted octanol–water partition coefficient (Wildman–Crippen LogP) is 3.55. The molecule has 1 atom stereocenters. The maximum Gasteiger partial charge on any atom is 0.303 e. The molecule has 2 N–H and O–H groups in total. The van der Waals surface area contributed by atoms with E-state index in [4.69, 9.17) is 6.42 Å². The molecule has 3 rings (SSSR count). The molecule has 28 heavy (non-hydrogen) atoms. The maximum absolute atomic E-state index is 13.3. The molecule has 1 unspecified atom stereocenters. The van der Waals surface area contributed by atoms with Crippen LogP contribution in [0.4, 0.5) is 5.69 Å². The molecule has 0 saturated heterocycles. The number of rotatable bonds is 5. The SMILES string of the molecule is C#CC(=O)N(c1ccccc1O)C(C(=O)NC1CCCCC1)c1ccccc1. The summed E-state index contributed by atoms with van der Waals surface area (Å²) in [6.45, 7) is 0. The van der Waals surface area contributed by atoms with Crippen LogP contribution in [0.3, 0.4) is 0 Å². The van der Waals surface area contributed by atoms with Crippen molar-refractivity contribution in [2.45, 2.75) is 44.2 Å². The van der Waals surface area contributed by atoms with Crippen LogP contribution >= 0.6 is 0 Å². The lowest BCUT2D eigenvalue weighted by Gasteiger charge is -2.32. The summed E-state index contributed by atoms with van der Waals surface area (Å²) in [6.07, 6.45) is 10.6. The Hall–Kier alpha value is -3.26. The number of terminal acetylenes is 1. The second kappa shape index (κ2) is 9.09. The number of nitrogens with zero attached hydrogens (tertiary/aromatic N) is 1. The van der Waals surface area contributed by atoms with Crippen LogP contribution in [0.5, 0.6) is 5.75 Å². The smallest absolute Gasteiger partial charge is 0.303 e. The Kier molecular flexibility index (Phi) is 6.33. The van der Waals surface area contributed by atoms with Crippen LogP contribution in [-0.2, 0) is 9.59 Å². The van der Waals surface area contributed by atoms with Gasteiger partial charge in [0.1, 0.15) is 11.8 Å². The third-order valence-electron chi connectivity index (χ3n) is 5.06. The van der Waals surface area contributed by atoms with E-state index in [1.807, 2.05) is 6.07 Å². The van der Waals surface area contributed by atoms with E-state index in [9.17, 15) is 14.7 Å². The molecule has 5 nitrogen and oxygen atoms in total. The standard InChI is InChI=1S/C23H24N2O3/c1-2-21(27)25(19-15-9-10-16-20(19)26)22(17-11-5-3-6-12-17)23(28)24-18-13-7-4-8-14-18/h1,3,5-6,9-12,15-16,18,22,26H,4,7-8,13-14H2,(H,24,28). The summed E-state index contributed by atoms with van der Waals surface area (Å²) in [7, 11) is 0. The van der Waals surface area contributed by atoms with Gasteiger partial charge in [0.2, 0.25) is 5.91 Å². The van der Waals surface area contributed by atoms with Gasteiger partial charge in [0, 0.05) is 6.04 Å². The van der Waals surface area contributed by atoms with Gasteiger partial charge in [-0.1, -0.05) is 61.7 Å². The van der Waals surface area contributed by atoms with E-state index in [1.165, 1.54) is 17.4 Å². The van der Waals surface area contributed by atoms with Gasteiger partial charge in [-0.15, -0.1) is 6.42 Å². The fraction of sp³-hybridized carbons (Fsp3) is 0.304. The van der Waals surface area contributed by atoms with Crippen molar-refractivity contribution in [2.24, 2.45) is 0 Å². The second-order valence-electron chi connectivity index (χ2n) is 6.96. The minimum Gasteiger partial charge on any atom is -0.506 e. The zero-order chi connectivity index (χ0) is 19.9. The highest BCUT2D eigenvalue weighted by Gasteiger charge is 2.34. The molecule has 0 spiro atoms. The van der Waals surface area contributed by atoms with E-state index >= 15 is 0 Å². The molecule has 0 aliphatic heterocycles. The van der Waals surface area contributed by atoms with Crippen molar-refractivity contribution in [3.63, 3.8) is 0 Å². The van der Waals surface area contributed by atoms with Crippen LogP contribution in [0.25, 0.3) is 0 Å². The van der Waals surface area contributed by atoms with Crippen molar-refractivity contribution in [1.29, 1.82) is 0 Å². The number of phenols is 1. The van der Waals surface area contributed by atoms with Gasteiger partial charge in [0.25, 0.3) is 0 Å². The first kappa shape index (κ1) is 19.5. The zero-order valence-electron chi connectivity index (χ0n) is 15.7. The van der Waals surface area contributed by atoms with Gasteiger partial charge in [0.15, 0.2) is 0 Å². The van der Waals surface area contributed by atoms with Crippen molar-refractivity contribution in [2.75, 3.05) is 4.90 Å². The molecule has 1 aliphatic carbocycles. The summed E-state index contributed by atoms with van der Waals surface area (Å²) in [6, 6.07) is 14.5. The highest BCUT2D eigenvalue weighted by Crippen LogP contribution is 2.34. The van der Waals surface area contributed by atoms with E-state index in [-0.39, 0.29) is 23.4 Å². The number of hydrogen-bond acceptors (Lipinski definition) is 3. The van der Waals surface area contributed by atoms with E-state index < -0.39 is 11.9 Å². The molecule has 2 amide bonds. The van der Waals surface area contributed by atoms with E-state index in [0.29, 0.717) is 5.56 Å². The first-order valence-electron chi connectivity index (χ1n) is 9.55. The van der Waals surface area contributed by atoms with Gasteiger partial charge in [-0.05, 0) is 36.5 Å². The first-order valence-corrected chi connectivity index (χ1v) is 9.55. The summed E-state index contributed by atoms with van der Waals surface area (Å²) >= 11 is 0. The fourth-order valence-corrected chi connectivity index (χ4v) is 3.68. The molecule has 5 heteroatoms. The van der Waals surface area contributed by atoms with Crippen molar-refractivity contribution in [3.05, 3.63) is 60.2 Å². The molecular weight excluding hydrogens is 352 g/mol. The number of amides is 2. The number of carbonyl (C=O) groups excluding carboxylic acids is 2. The van der Waals surface area contributed by atoms with Crippen molar-refractivity contribution >= 4 is 17.5 Å². The molecule has 0 bridgehead atoms. The summed E-state index contributed by atoms with van der Waals surface area (Å²) in [5, 5.41) is 13.4. The summed E-state index contributed by atoms with van der Waals surface area (Å²) in [4.78, 5) is 27.2. The quantitative estimate of drug-likeness (QED) is 0.784. The van der Waals surface area contributed by atoms with Crippen LogP contribution in [0.15, 0.2) is 54.6 Å². The van der Waals surface area contributed by atoms with Gasteiger partial charge >= 0.3 is 5.91 Å². The molecular formula is C23H24N2O3. The predicted molar refractivity (Wildman–Crippen MR) is 109 cm³/mol. The Morgan fingerprint density at radius 2 is 1.68 bits per heavy atom. The lowest BCUT2D eigenvalue weighted by molar-refractivity contribution is -0.125. The summed E-state index contributed by atoms with van der Waals surface area (Å²) in [5.41, 5.74) is 0.834. The first-order chi connectivity index (χ1) is 13.6. The van der Waals surface area contributed by atoms with E-state index in [0.717, 1.165) is 25.7 Å². The minimum atomic E-state index is -0.972. The highest BCUT2D eigenvalue weighted by molar-refractivity contribution is 6.10. The monoisotopic (exact) mass is 376 g/mol. The number of para-hydroxylation sites is 2. The van der Waals surface area contributed by atoms with Crippen LogP contribution < -0.4 is 10.2 Å². The maximum atomic E-state index is 13.3. The Balaban J connectivity index is 2.02. The molecule has 0 radical (unpaired) electrons. The number of hydrogen-bond donors (Lipinski definition) is 2. The Morgan fingerprint density at radius 1 is 1.04 bits per heavy atom. The lowest BCUT2D eigenvalue weighted by Crippen LogP contribution is -2.47. The number of aromatic hydroxyl groups is 1. The Morgan fingerprint density at radius 3 is 2.32 bits per heavy atom. The number of phenolic OH excluding ortho intramolecular Hbond substituents is 1. The number of carbonyl (C=O) groups is 2. The van der Waals surface area contributed by atoms with Crippen molar-refractivity contribution in [3.8, 4) is 18.1 Å².